The Morgan fingerprint density at radius 3 is 2.52 bits per heavy atom. The van der Waals surface area contributed by atoms with E-state index in [1.54, 1.807) is 0 Å². The van der Waals surface area contributed by atoms with E-state index in [1.165, 1.54) is 10.9 Å². The minimum Gasteiger partial charge on any atom is -0.361 e. The summed E-state index contributed by atoms with van der Waals surface area (Å²) in [5.74, 6) is 0.474. The van der Waals surface area contributed by atoms with Gasteiger partial charge in [0.1, 0.15) is 0 Å². The van der Waals surface area contributed by atoms with Crippen LogP contribution in [0.4, 0.5) is 0 Å². The van der Waals surface area contributed by atoms with E-state index in [2.05, 4.69) is 30.2 Å². The van der Waals surface area contributed by atoms with Gasteiger partial charge in [0.2, 0.25) is 0 Å². The van der Waals surface area contributed by atoms with Gasteiger partial charge in [0.25, 0.3) is 0 Å². The summed E-state index contributed by atoms with van der Waals surface area (Å²) in [7, 11) is 0. The van der Waals surface area contributed by atoms with Crippen molar-refractivity contribution in [2.45, 2.75) is 25.7 Å². The molecule has 0 saturated carbocycles. The highest BCUT2D eigenvalue weighted by Gasteiger charge is 2.18. The summed E-state index contributed by atoms with van der Waals surface area (Å²) in [6.07, 6.45) is 3.57. The summed E-state index contributed by atoms with van der Waals surface area (Å²) in [6, 6.07) is 17.8. The molecule has 21 heavy (non-hydrogen) atoms. The van der Waals surface area contributed by atoms with Gasteiger partial charge in [-0.2, -0.15) is 0 Å². The number of nitrogens with one attached hydrogen (secondary N) is 1. The Morgan fingerprint density at radius 2 is 1.76 bits per heavy atom. The van der Waals surface area contributed by atoms with Crippen LogP contribution in [0.15, 0.2) is 60.8 Å². The van der Waals surface area contributed by atoms with E-state index in [9.17, 15) is 4.79 Å². The second-order valence-corrected chi connectivity index (χ2v) is 5.39. The van der Waals surface area contributed by atoms with Gasteiger partial charge in [-0.15, -0.1) is 0 Å². The van der Waals surface area contributed by atoms with Crippen LogP contribution in [0.25, 0.3) is 10.9 Å². The lowest BCUT2D eigenvalue weighted by Gasteiger charge is -2.13. The van der Waals surface area contributed by atoms with Gasteiger partial charge in [-0.25, -0.2) is 0 Å². The number of H-pyrrole nitrogens is 1. The number of para-hydroxylation sites is 1. The van der Waals surface area contributed by atoms with Crippen LogP contribution >= 0.6 is 0 Å². The molecule has 2 aromatic carbocycles. The average molecular weight is 277 g/mol. The predicted octanol–water partition coefficient (Wildman–Crippen LogP) is 4.93. The van der Waals surface area contributed by atoms with Crippen LogP contribution < -0.4 is 0 Å². The fraction of sp³-hybridized carbons (Fsp3) is 0.211. The fourth-order valence-electron chi connectivity index (χ4n) is 2.87. The molecule has 3 aromatic rings. The first kappa shape index (κ1) is 13.6. The monoisotopic (exact) mass is 277 g/mol. The summed E-state index contributed by atoms with van der Waals surface area (Å²) < 4.78 is 0. The number of fused-ring (bicyclic) bond motifs is 1. The number of carbonyl (C=O) groups is 1. The Kier molecular flexibility index (Phi) is 3.87. The number of aromatic nitrogens is 1. The lowest BCUT2D eigenvalue weighted by Crippen LogP contribution is -2.06. The van der Waals surface area contributed by atoms with Crippen molar-refractivity contribution < 1.29 is 4.79 Å². The third-order valence-corrected chi connectivity index (χ3v) is 4.08. The van der Waals surface area contributed by atoms with E-state index in [0.29, 0.717) is 6.42 Å². The van der Waals surface area contributed by atoms with Crippen LogP contribution in [-0.2, 0) is 0 Å². The van der Waals surface area contributed by atoms with Crippen molar-refractivity contribution in [1.29, 1.82) is 0 Å². The third-order valence-electron chi connectivity index (χ3n) is 4.08. The molecule has 0 spiro atoms. The Labute approximate surface area is 124 Å². The maximum Gasteiger partial charge on any atom is 0.163 e. The predicted molar refractivity (Wildman–Crippen MR) is 86.7 cm³/mol. The Bertz CT molecular complexity index is 742. The second-order valence-electron chi connectivity index (χ2n) is 5.39. The van der Waals surface area contributed by atoms with Crippen molar-refractivity contribution in [3.05, 3.63) is 71.9 Å². The lowest BCUT2D eigenvalue weighted by atomic mass is 9.89. The molecule has 0 aliphatic carbocycles. The smallest absolute Gasteiger partial charge is 0.163 e. The minimum absolute atomic E-state index is 0.215. The molecule has 106 valence electrons. The number of carbonyl (C=O) groups excluding carboxylic acids is 1. The Balaban J connectivity index is 1.87. The first-order valence-electron chi connectivity index (χ1n) is 7.44. The number of ketones is 1. The number of benzene rings is 2. The summed E-state index contributed by atoms with van der Waals surface area (Å²) in [6.45, 7) is 2.14. The van der Waals surface area contributed by atoms with Crippen LogP contribution in [0, 0.1) is 0 Å². The SMILES string of the molecule is CCC(CC(=O)c1ccccc1)c1c[nH]c2ccccc12. The summed E-state index contributed by atoms with van der Waals surface area (Å²) >= 11 is 0. The van der Waals surface area contributed by atoms with Crippen LogP contribution in [0.5, 0.6) is 0 Å². The molecule has 1 heterocycles. The quantitative estimate of drug-likeness (QED) is 0.659. The fourth-order valence-corrected chi connectivity index (χ4v) is 2.87. The molecule has 0 saturated heterocycles. The van der Waals surface area contributed by atoms with Crippen molar-refractivity contribution in [1.82, 2.24) is 4.98 Å². The van der Waals surface area contributed by atoms with Crippen molar-refractivity contribution in [2.24, 2.45) is 0 Å². The van der Waals surface area contributed by atoms with Gasteiger partial charge >= 0.3 is 0 Å². The van der Waals surface area contributed by atoms with Crippen molar-refractivity contribution in [2.75, 3.05) is 0 Å². The van der Waals surface area contributed by atoms with E-state index in [-0.39, 0.29) is 11.7 Å². The number of aromatic amines is 1. The molecular formula is C19H19NO. The first-order valence-corrected chi connectivity index (χ1v) is 7.44. The highest BCUT2D eigenvalue weighted by Crippen LogP contribution is 2.31. The van der Waals surface area contributed by atoms with E-state index >= 15 is 0 Å². The molecule has 0 fully saturated rings. The maximum absolute atomic E-state index is 12.4. The maximum atomic E-state index is 12.4. The van der Waals surface area contributed by atoms with Gasteiger partial charge in [-0.1, -0.05) is 55.5 Å². The van der Waals surface area contributed by atoms with Crippen LogP contribution in [0.2, 0.25) is 0 Å². The van der Waals surface area contributed by atoms with Crippen molar-refractivity contribution in [3.8, 4) is 0 Å². The minimum atomic E-state index is 0.215. The van der Waals surface area contributed by atoms with Gasteiger partial charge in [-0.3, -0.25) is 4.79 Å². The van der Waals surface area contributed by atoms with E-state index < -0.39 is 0 Å². The molecule has 1 atom stereocenters. The Hall–Kier alpha value is -2.35. The standard InChI is InChI=1S/C19H19NO/c1-2-14(12-19(21)15-8-4-3-5-9-15)17-13-20-18-11-7-6-10-16(17)18/h3-11,13-14,20H,2,12H2,1H3. The van der Waals surface area contributed by atoms with Gasteiger partial charge in [0.15, 0.2) is 5.78 Å². The molecule has 2 heteroatoms. The molecule has 0 aliphatic rings. The van der Waals surface area contributed by atoms with E-state index in [1.807, 2.05) is 42.5 Å². The van der Waals surface area contributed by atoms with Crippen LogP contribution in [-0.4, -0.2) is 10.8 Å². The van der Waals surface area contributed by atoms with Crippen LogP contribution in [0.3, 0.4) is 0 Å². The number of hydrogen-bond acceptors (Lipinski definition) is 1. The summed E-state index contributed by atoms with van der Waals surface area (Å²) in [5.41, 5.74) is 3.19. The molecule has 3 rings (SSSR count). The molecule has 1 N–H and O–H groups in total. The molecule has 0 bridgehead atoms. The van der Waals surface area contributed by atoms with Gasteiger partial charge in [0, 0.05) is 29.1 Å². The van der Waals surface area contributed by atoms with Gasteiger partial charge in [0.05, 0.1) is 0 Å². The largest absolute Gasteiger partial charge is 0.361 e. The lowest BCUT2D eigenvalue weighted by molar-refractivity contribution is 0.0973. The van der Waals surface area contributed by atoms with Crippen molar-refractivity contribution in [3.63, 3.8) is 0 Å². The molecular weight excluding hydrogens is 258 g/mol. The zero-order valence-electron chi connectivity index (χ0n) is 12.2. The van der Waals surface area contributed by atoms with E-state index in [4.69, 9.17) is 0 Å². The van der Waals surface area contributed by atoms with Gasteiger partial charge < -0.3 is 4.98 Å². The van der Waals surface area contributed by atoms with Gasteiger partial charge in [-0.05, 0) is 24.0 Å². The Morgan fingerprint density at radius 1 is 1.05 bits per heavy atom. The van der Waals surface area contributed by atoms with Crippen molar-refractivity contribution >= 4 is 16.7 Å². The summed E-state index contributed by atoms with van der Waals surface area (Å²) in [4.78, 5) is 15.7. The zero-order chi connectivity index (χ0) is 14.7. The average Bonchev–Trinajstić information content (AvgIpc) is 2.97. The molecule has 1 unspecified atom stereocenters. The molecule has 0 aliphatic heterocycles. The number of hydrogen-bond donors (Lipinski definition) is 1. The van der Waals surface area contributed by atoms with Crippen LogP contribution in [0.1, 0.15) is 41.6 Å². The molecule has 0 amide bonds. The highest BCUT2D eigenvalue weighted by molar-refractivity contribution is 5.97. The highest BCUT2D eigenvalue weighted by atomic mass is 16.1. The number of Topliss-reactive ketones (excluding diaryl/α,β-unsaturated/α-hetero) is 1. The third kappa shape index (κ3) is 2.75. The molecule has 1 aromatic heterocycles. The number of rotatable bonds is 5. The zero-order valence-corrected chi connectivity index (χ0v) is 12.2. The topological polar surface area (TPSA) is 32.9 Å². The normalized spacial score (nSPS) is 12.4. The molecule has 2 nitrogen and oxygen atoms in total. The first-order chi connectivity index (χ1) is 10.3. The molecule has 0 radical (unpaired) electrons. The summed E-state index contributed by atoms with van der Waals surface area (Å²) in [5, 5.41) is 1.23. The van der Waals surface area contributed by atoms with E-state index in [0.717, 1.165) is 17.5 Å². The second kappa shape index (κ2) is 5.96.